The minimum Gasteiger partial charge on any atom is -0.469 e. The van der Waals surface area contributed by atoms with Crippen LogP contribution in [0, 0.1) is 5.92 Å². The summed E-state index contributed by atoms with van der Waals surface area (Å²) in [5.74, 6) is 1.49. The maximum atomic E-state index is 11.8. The molecule has 5 rings (SSSR count). The van der Waals surface area contributed by atoms with Crippen molar-refractivity contribution in [2.24, 2.45) is 10.9 Å². The molecule has 3 N–H and O–H groups in total. The zero-order chi connectivity index (χ0) is 21.4. The van der Waals surface area contributed by atoms with E-state index < -0.39 is 0 Å². The number of rotatable bonds is 4. The van der Waals surface area contributed by atoms with Crippen LogP contribution in [0.15, 0.2) is 35.6 Å². The Labute approximate surface area is 179 Å². The number of carbonyl (C=O) groups is 2. The molecule has 0 bridgehead atoms. The molecule has 1 saturated carbocycles. The summed E-state index contributed by atoms with van der Waals surface area (Å²) >= 11 is 0. The lowest BCUT2D eigenvalue weighted by Crippen LogP contribution is -2.34. The molecule has 3 heterocycles. The van der Waals surface area contributed by atoms with Crippen molar-refractivity contribution in [3.05, 3.63) is 41.7 Å². The second-order valence-corrected chi connectivity index (χ2v) is 8.33. The number of hydrogen-bond acceptors (Lipinski definition) is 7. The highest BCUT2D eigenvalue weighted by molar-refractivity contribution is 6.05. The number of ether oxygens (including phenoxy) is 1. The molecule has 1 saturated heterocycles. The van der Waals surface area contributed by atoms with Gasteiger partial charge in [0, 0.05) is 6.54 Å². The van der Waals surface area contributed by atoms with E-state index in [1.165, 1.54) is 11.9 Å². The van der Waals surface area contributed by atoms with Crippen molar-refractivity contribution in [3.63, 3.8) is 0 Å². The van der Waals surface area contributed by atoms with Gasteiger partial charge in [-0.2, -0.15) is 4.98 Å². The molecule has 2 fully saturated rings. The number of nitrogens with two attached hydrogens (primary N) is 1. The summed E-state index contributed by atoms with van der Waals surface area (Å²) in [5.41, 5.74) is 9.51. The summed E-state index contributed by atoms with van der Waals surface area (Å²) in [7, 11) is 0. The van der Waals surface area contributed by atoms with Gasteiger partial charge in [0.25, 0.3) is 0 Å². The van der Waals surface area contributed by atoms with E-state index in [1.807, 2.05) is 0 Å². The van der Waals surface area contributed by atoms with Gasteiger partial charge < -0.3 is 15.4 Å². The molecule has 1 aliphatic carbocycles. The number of aliphatic imine (C=N–C) groups is 1. The van der Waals surface area contributed by atoms with E-state index in [0.29, 0.717) is 42.4 Å². The largest absolute Gasteiger partial charge is 0.469 e. The van der Waals surface area contributed by atoms with Crippen LogP contribution in [0.25, 0.3) is 0 Å². The molecule has 160 valence electrons. The van der Waals surface area contributed by atoms with Crippen LogP contribution in [0.2, 0.25) is 0 Å². The van der Waals surface area contributed by atoms with E-state index in [4.69, 9.17) is 10.5 Å². The predicted molar refractivity (Wildman–Crippen MR) is 114 cm³/mol. The van der Waals surface area contributed by atoms with Crippen LogP contribution in [0.1, 0.15) is 42.7 Å². The Morgan fingerprint density at radius 1 is 1.10 bits per heavy atom. The summed E-state index contributed by atoms with van der Waals surface area (Å²) in [6.45, 7) is 1.20. The van der Waals surface area contributed by atoms with Crippen LogP contribution in [0.5, 0.6) is 5.88 Å². The summed E-state index contributed by atoms with van der Waals surface area (Å²) in [6, 6.07) is 8.23. The standard InChI is InChI=1S/C22H24N6O3/c23-20-19-21(25-12-24-20)31-11-17(26-19)16-7-5-15(6-8-16)14-3-1-13(2-4-14)9-28-10-18(29)27-22(28)30/h5-8,12-14H,1-4,9-11H2,(H2,23,24,25)(H,27,29,30). The van der Waals surface area contributed by atoms with Gasteiger partial charge in [0.05, 0.1) is 5.71 Å². The molecule has 2 aliphatic heterocycles. The Morgan fingerprint density at radius 2 is 1.87 bits per heavy atom. The number of nitrogens with zero attached hydrogens (tertiary/aromatic N) is 4. The topological polar surface area (TPSA) is 123 Å². The normalized spacial score (nSPS) is 23.1. The average molecular weight is 420 g/mol. The number of nitrogen functional groups attached to an aromatic ring is 1. The number of benzene rings is 1. The number of urea groups is 1. The summed E-state index contributed by atoms with van der Waals surface area (Å²) in [6.07, 6.45) is 5.65. The van der Waals surface area contributed by atoms with Gasteiger partial charge in [0.1, 0.15) is 19.5 Å². The number of carbonyl (C=O) groups excluding carboxylic acids is 2. The summed E-state index contributed by atoms with van der Waals surface area (Å²) in [4.78, 5) is 37.4. The third kappa shape index (κ3) is 3.95. The number of aromatic nitrogens is 2. The molecule has 2 aromatic rings. The van der Waals surface area contributed by atoms with E-state index >= 15 is 0 Å². The van der Waals surface area contributed by atoms with Crippen molar-refractivity contribution in [1.29, 1.82) is 0 Å². The number of amides is 3. The van der Waals surface area contributed by atoms with Gasteiger partial charge in [-0.25, -0.2) is 14.8 Å². The van der Waals surface area contributed by atoms with Crippen molar-refractivity contribution in [3.8, 4) is 5.88 Å². The average Bonchev–Trinajstić information content (AvgIpc) is 3.11. The fourth-order valence-corrected chi connectivity index (χ4v) is 4.61. The van der Waals surface area contributed by atoms with Crippen molar-refractivity contribution in [1.82, 2.24) is 20.2 Å². The number of hydrogen-bond donors (Lipinski definition) is 2. The summed E-state index contributed by atoms with van der Waals surface area (Å²) in [5, 5.41) is 2.35. The Balaban J connectivity index is 1.21. The minimum atomic E-state index is -0.256. The first-order valence-electron chi connectivity index (χ1n) is 10.6. The fraction of sp³-hybridized carbons (Fsp3) is 0.409. The predicted octanol–water partition coefficient (Wildman–Crippen LogP) is 2.40. The molecule has 1 aromatic heterocycles. The van der Waals surface area contributed by atoms with Gasteiger partial charge in [-0.15, -0.1) is 0 Å². The highest BCUT2D eigenvalue weighted by Gasteiger charge is 2.31. The lowest BCUT2D eigenvalue weighted by molar-refractivity contribution is -0.118. The number of anilines is 1. The van der Waals surface area contributed by atoms with E-state index in [-0.39, 0.29) is 18.5 Å². The zero-order valence-electron chi connectivity index (χ0n) is 17.1. The third-order valence-corrected chi connectivity index (χ3v) is 6.32. The lowest BCUT2D eigenvalue weighted by atomic mass is 9.78. The Hall–Kier alpha value is -3.49. The second-order valence-electron chi connectivity index (χ2n) is 8.33. The Kier molecular flexibility index (Phi) is 5.01. The van der Waals surface area contributed by atoms with Gasteiger partial charge in [-0.1, -0.05) is 24.3 Å². The minimum absolute atomic E-state index is 0.191. The molecule has 0 spiro atoms. The highest BCUT2D eigenvalue weighted by Crippen LogP contribution is 2.37. The van der Waals surface area contributed by atoms with Crippen LogP contribution < -0.4 is 15.8 Å². The SMILES string of the molecule is Nc1ncnc2c1N=C(c1ccc(C3CCC(CN4CC(=O)NC4=O)CC3)cc1)CO2. The molecular formula is C22H24N6O3. The van der Waals surface area contributed by atoms with Gasteiger partial charge >= 0.3 is 6.03 Å². The third-order valence-electron chi connectivity index (χ3n) is 6.32. The Morgan fingerprint density at radius 3 is 2.58 bits per heavy atom. The fourth-order valence-electron chi connectivity index (χ4n) is 4.61. The van der Waals surface area contributed by atoms with Gasteiger partial charge in [0.15, 0.2) is 11.5 Å². The molecular weight excluding hydrogens is 396 g/mol. The molecule has 3 amide bonds. The quantitative estimate of drug-likeness (QED) is 0.732. The number of imide groups is 1. The molecule has 0 radical (unpaired) electrons. The first kappa shape index (κ1) is 19.5. The van der Waals surface area contributed by atoms with Crippen molar-refractivity contribution in [2.75, 3.05) is 25.4 Å². The van der Waals surface area contributed by atoms with Gasteiger partial charge in [0.2, 0.25) is 11.8 Å². The molecule has 0 atom stereocenters. The van der Waals surface area contributed by atoms with Gasteiger partial charge in [-0.3, -0.25) is 10.1 Å². The van der Waals surface area contributed by atoms with E-state index in [2.05, 4.69) is 44.5 Å². The van der Waals surface area contributed by atoms with Crippen LogP contribution in [-0.2, 0) is 4.79 Å². The molecule has 1 aromatic carbocycles. The van der Waals surface area contributed by atoms with Crippen LogP contribution in [-0.4, -0.2) is 52.2 Å². The molecule has 9 nitrogen and oxygen atoms in total. The van der Waals surface area contributed by atoms with Crippen LogP contribution in [0.3, 0.4) is 0 Å². The summed E-state index contributed by atoms with van der Waals surface area (Å²) < 4.78 is 5.68. The first-order valence-corrected chi connectivity index (χ1v) is 10.6. The van der Waals surface area contributed by atoms with E-state index in [9.17, 15) is 9.59 Å². The van der Waals surface area contributed by atoms with E-state index in [0.717, 1.165) is 37.0 Å². The number of nitrogens with one attached hydrogen (secondary N) is 1. The number of fused-ring (bicyclic) bond motifs is 1. The van der Waals surface area contributed by atoms with Crippen molar-refractivity contribution < 1.29 is 14.3 Å². The van der Waals surface area contributed by atoms with Crippen molar-refractivity contribution >= 4 is 29.2 Å². The maximum Gasteiger partial charge on any atom is 0.324 e. The zero-order valence-corrected chi connectivity index (χ0v) is 17.1. The lowest BCUT2D eigenvalue weighted by Gasteiger charge is -2.31. The molecule has 0 unspecified atom stereocenters. The first-order chi connectivity index (χ1) is 15.1. The molecule has 3 aliphatic rings. The van der Waals surface area contributed by atoms with E-state index in [1.54, 1.807) is 4.90 Å². The monoisotopic (exact) mass is 420 g/mol. The highest BCUT2D eigenvalue weighted by atomic mass is 16.5. The van der Waals surface area contributed by atoms with Crippen LogP contribution in [0.4, 0.5) is 16.3 Å². The van der Waals surface area contributed by atoms with Gasteiger partial charge in [-0.05, 0) is 48.6 Å². The Bertz CT molecular complexity index is 1040. The van der Waals surface area contributed by atoms with Crippen molar-refractivity contribution in [2.45, 2.75) is 31.6 Å². The second kappa shape index (κ2) is 7.98. The smallest absolute Gasteiger partial charge is 0.324 e. The molecule has 9 heteroatoms. The molecule has 31 heavy (non-hydrogen) atoms. The van der Waals surface area contributed by atoms with Crippen LogP contribution >= 0.6 is 0 Å². The maximum absolute atomic E-state index is 11.8.